The van der Waals surface area contributed by atoms with Gasteiger partial charge in [0.05, 0.1) is 6.61 Å². The summed E-state index contributed by atoms with van der Waals surface area (Å²) in [5, 5.41) is 0. The number of rotatable bonds is 5. The zero-order valence-corrected chi connectivity index (χ0v) is 11.3. The van der Waals surface area contributed by atoms with Gasteiger partial charge in [-0.05, 0) is 6.42 Å². The molecule has 5 nitrogen and oxygen atoms in total. The Morgan fingerprint density at radius 1 is 1.32 bits per heavy atom. The second-order valence-corrected chi connectivity index (χ2v) is 4.85. The van der Waals surface area contributed by atoms with Gasteiger partial charge in [-0.3, -0.25) is 14.5 Å². The minimum absolute atomic E-state index is 0.0877. The standard InChI is InChI=1S/C14H20N2O3/c1-2-7-19-14-9-15-11(8-13(14)18)10-16-5-3-12(17)4-6-16/h8-9H,2-7,10H2,1H3,(H,15,18). The van der Waals surface area contributed by atoms with Crippen LogP contribution in [0.3, 0.4) is 0 Å². The highest BCUT2D eigenvalue weighted by atomic mass is 16.5. The molecule has 1 aliphatic rings. The number of piperidine rings is 1. The summed E-state index contributed by atoms with van der Waals surface area (Å²) >= 11 is 0. The molecule has 1 aliphatic heterocycles. The Bertz CT molecular complexity index is 486. The second kappa shape index (κ2) is 6.52. The number of nitrogens with one attached hydrogen (secondary N) is 1. The summed E-state index contributed by atoms with van der Waals surface area (Å²) in [7, 11) is 0. The smallest absolute Gasteiger partial charge is 0.223 e. The van der Waals surface area contributed by atoms with Crippen LogP contribution in [-0.4, -0.2) is 35.4 Å². The van der Waals surface area contributed by atoms with Crippen molar-refractivity contribution in [2.24, 2.45) is 0 Å². The highest BCUT2D eigenvalue weighted by Gasteiger charge is 2.16. The maximum atomic E-state index is 11.8. The second-order valence-electron chi connectivity index (χ2n) is 4.85. The van der Waals surface area contributed by atoms with Crippen LogP contribution in [0, 0.1) is 0 Å². The van der Waals surface area contributed by atoms with E-state index in [-0.39, 0.29) is 5.43 Å². The average molecular weight is 264 g/mol. The Hall–Kier alpha value is -1.62. The first-order chi connectivity index (χ1) is 9.19. The summed E-state index contributed by atoms with van der Waals surface area (Å²) in [5.41, 5.74) is 0.776. The zero-order chi connectivity index (χ0) is 13.7. The quantitative estimate of drug-likeness (QED) is 0.871. The lowest BCUT2D eigenvalue weighted by Crippen LogP contribution is -2.33. The van der Waals surface area contributed by atoms with Gasteiger partial charge in [0.1, 0.15) is 5.78 Å². The van der Waals surface area contributed by atoms with E-state index in [0.29, 0.717) is 37.5 Å². The summed E-state index contributed by atoms with van der Waals surface area (Å²) < 4.78 is 5.34. The number of H-pyrrole nitrogens is 1. The van der Waals surface area contributed by atoms with Crippen LogP contribution in [0.1, 0.15) is 31.9 Å². The fourth-order valence-corrected chi connectivity index (χ4v) is 2.12. The molecule has 0 amide bonds. The minimum atomic E-state index is -0.0877. The van der Waals surface area contributed by atoms with E-state index in [4.69, 9.17) is 4.74 Å². The number of nitrogens with zero attached hydrogens (tertiary/aromatic N) is 1. The molecule has 1 aromatic heterocycles. The maximum absolute atomic E-state index is 11.8. The zero-order valence-electron chi connectivity index (χ0n) is 11.3. The van der Waals surface area contributed by atoms with E-state index in [1.807, 2.05) is 6.92 Å². The molecule has 2 heterocycles. The van der Waals surface area contributed by atoms with Crippen LogP contribution in [0.2, 0.25) is 0 Å². The van der Waals surface area contributed by atoms with E-state index < -0.39 is 0 Å². The minimum Gasteiger partial charge on any atom is -0.488 e. The van der Waals surface area contributed by atoms with Crippen molar-refractivity contribution >= 4 is 5.78 Å². The number of aromatic amines is 1. The van der Waals surface area contributed by atoms with Gasteiger partial charge in [0.15, 0.2) is 5.75 Å². The molecule has 0 aromatic carbocycles. The van der Waals surface area contributed by atoms with E-state index in [0.717, 1.165) is 25.2 Å². The number of aromatic nitrogens is 1. The highest BCUT2D eigenvalue weighted by molar-refractivity contribution is 5.79. The number of carbonyl (C=O) groups is 1. The van der Waals surface area contributed by atoms with Crippen molar-refractivity contribution in [2.75, 3.05) is 19.7 Å². The van der Waals surface area contributed by atoms with Crippen molar-refractivity contribution < 1.29 is 9.53 Å². The molecule has 0 atom stereocenters. The number of ketones is 1. The molecule has 1 saturated heterocycles. The molecule has 2 rings (SSSR count). The summed E-state index contributed by atoms with van der Waals surface area (Å²) in [6, 6.07) is 1.58. The van der Waals surface area contributed by atoms with Crippen LogP contribution in [0.4, 0.5) is 0 Å². The first-order valence-electron chi connectivity index (χ1n) is 6.77. The molecule has 0 spiro atoms. The van der Waals surface area contributed by atoms with E-state index in [9.17, 15) is 9.59 Å². The summed E-state index contributed by atoms with van der Waals surface area (Å²) in [6.45, 7) is 4.78. The Kier molecular flexibility index (Phi) is 4.74. The Morgan fingerprint density at radius 3 is 2.68 bits per heavy atom. The number of Topliss-reactive ketones (excluding diaryl/α,β-unsaturated/α-hetero) is 1. The largest absolute Gasteiger partial charge is 0.488 e. The third kappa shape index (κ3) is 3.92. The van der Waals surface area contributed by atoms with Crippen molar-refractivity contribution in [1.82, 2.24) is 9.88 Å². The Labute approximate surface area is 112 Å². The number of carbonyl (C=O) groups excluding carboxylic acids is 1. The van der Waals surface area contributed by atoms with Gasteiger partial charge in [-0.15, -0.1) is 0 Å². The summed E-state index contributed by atoms with van der Waals surface area (Å²) in [5.74, 6) is 0.701. The first-order valence-corrected chi connectivity index (χ1v) is 6.77. The number of hydrogen-bond donors (Lipinski definition) is 1. The predicted octanol–water partition coefficient (Wildman–Crippen LogP) is 1.33. The van der Waals surface area contributed by atoms with Gasteiger partial charge in [-0.25, -0.2) is 0 Å². The Balaban J connectivity index is 1.96. The van der Waals surface area contributed by atoms with E-state index in [1.165, 1.54) is 0 Å². The summed E-state index contributed by atoms with van der Waals surface area (Å²) in [6.07, 6.45) is 3.73. The fourth-order valence-electron chi connectivity index (χ4n) is 2.12. The van der Waals surface area contributed by atoms with Gasteiger partial charge >= 0.3 is 0 Å². The monoisotopic (exact) mass is 264 g/mol. The van der Waals surface area contributed by atoms with Crippen molar-refractivity contribution in [3.8, 4) is 5.75 Å². The SMILES string of the molecule is CCCOc1c[nH]c(CN2CCC(=O)CC2)cc1=O. The van der Waals surface area contributed by atoms with Crippen LogP contribution >= 0.6 is 0 Å². The van der Waals surface area contributed by atoms with Gasteiger partial charge in [-0.2, -0.15) is 0 Å². The highest BCUT2D eigenvalue weighted by Crippen LogP contribution is 2.10. The Morgan fingerprint density at radius 2 is 2.05 bits per heavy atom. The van der Waals surface area contributed by atoms with Crippen molar-refractivity contribution in [2.45, 2.75) is 32.7 Å². The van der Waals surface area contributed by atoms with Crippen molar-refractivity contribution in [3.63, 3.8) is 0 Å². The van der Waals surface area contributed by atoms with Gasteiger partial charge < -0.3 is 9.72 Å². The third-order valence-corrected chi connectivity index (χ3v) is 3.21. The molecule has 5 heteroatoms. The van der Waals surface area contributed by atoms with Crippen molar-refractivity contribution in [3.05, 3.63) is 28.2 Å². The van der Waals surface area contributed by atoms with Crippen molar-refractivity contribution in [1.29, 1.82) is 0 Å². The molecule has 1 fully saturated rings. The van der Waals surface area contributed by atoms with Crippen LogP contribution in [-0.2, 0) is 11.3 Å². The molecule has 1 aromatic rings. The lowest BCUT2D eigenvalue weighted by atomic mass is 10.1. The van der Waals surface area contributed by atoms with Gasteiger partial charge in [0.2, 0.25) is 5.43 Å². The topological polar surface area (TPSA) is 62.4 Å². The molecule has 104 valence electrons. The number of likely N-dealkylation sites (tertiary alicyclic amines) is 1. The lowest BCUT2D eigenvalue weighted by Gasteiger charge is -2.25. The molecule has 0 radical (unpaired) electrons. The van der Waals surface area contributed by atoms with Crippen LogP contribution in [0.25, 0.3) is 0 Å². The first kappa shape index (κ1) is 13.8. The van der Waals surface area contributed by atoms with Crippen LogP contribution < -0.4 is 10.2 Å². The fraction of sp³-hybridized carbons (Fsp3) is 0.571. The number of pyridine rings is 1. The molecule has 0 aliphatic carbocycles. The van der Waals surface area contributed by atoms with Crippen LogP contribution in [0.15, 0.2) is 17.1 Å². The molecule has 19 heavy (non-hydrogen) atoms. The lowest BCUT2D eigenvalue weighted by molar-refractivity contribution is -0.121. The molecule has 0 saturated carbocycles. The number of ether oxygens (including phenoxy) is 1. The van der Waals surface area contributed by atoms with Gasteiger partial charge in [0.25, 0.3) is 0 Å². The normalized spacial score (nSPS) is 16.6. The molecule has 0 bridgehead atoms. The summed E-state index contributed by atoms with van der Waals surface area (Å²) in [4.78, 5) is 28.3. The van der Waals surface area contributed by atoms with E-state index >= 15 is 0 Å². The van der Waals surface area contributed by atoms with Gasteiger partial charge in [-0.1, -0.05) is 6.92 Å². The molecule has 0 unspecified atom stereocenters. The predicted molar refractivity (Wildman–Crippen MR) is 72.4 cm³/mol. The van der Waals surface area contributed by atoms with E-state index in [1.54, 1.807) is 12.3 Å². The van der Waals surface area contributed by atoms with Gasteiger partial charge in [0, 0.05) is 50.4 Å². The average Bonchev–Trinajstić information content (AvgIpc) is 2.41. The van der Waals surface area contributed by atoms with Crippen LogP contribution in [0.5, 0.6) is 5.75 Å². The molecular formula is C14H20N2O3. The molecule has 1 N–H and O–H groups in total. The van der Waals surface area contributed by atoms with E-state index in [2.05, 4.69) is 9.88 Å². The maximum Gasteiger partial charge on any atom is 0.223 e. The number of hydrogen-bond acceptors (Lipinski definition) is 4. The molecular weight excluding hydrogens is 244 g/mol. The third-order valence-electron chi connectivity index (χ3n) is 3.21.